The van der Waals surface area contributed by atoms with Crippen LogP contribution in [0, 0.1) is 11.3 Å². The molecule has 3 aliphatic heterocycles. The van der Waals surface area contributed by atoms with Gasteiger partial charge in [0.15, 0.2) is 0 Å². The van der Waals surface area contributed by atoms with Gasteiger partial charge in [-0.25, -0.2) is 0 Å². The number of hydrogen-bond acceptors (Lipinski definition) is 4. The highest BCUT2D eigenvalue weighted by molar-refractivity contribution is 6.04. The highest BCUT2D eigenvalue weighted by Gasteiger charge is 2.28. The number of anilines is 2. The Morgan fingerprint density at radius 2 is 1.63 bits per heavy atom. The van der Waals surface area contributed by atoms with Crippen LogP contribution in [0.2, 0.25) is 0 Å². The van der Waals surface area contributed by atoms with Crippen LogP contribution in [-0.2, 0) is 0 Å². The van der Waals surface area contributed by atoms with Crippen LogP contribution in [0.5, 0.6) is 0 Å². The SMILES string of the molecule is Cl.N#Cc1ccc(C(=O)Nc2ccc(N3CCN4CCC3CC4)cc2)cc1. The number of halogens is 1. The van der Waals surface area contributed by atoms with Gasteiger partial charge in [0.25, 0.3) is 5.91 Å². The number of amides is 1. The molecule has 3 aliphatic rings. The Hall–Kier alpha value is -2.55. The number of hydrogen-bond donors (Lipinski definition) is 1. The lowest BCUT2D eigenvalue weighted by molar-refractivity contribution is 0.102. The Kier molecular flexibility index (Phi) is 6.00. The zero-order valence-electron chi connectivity index (χ0n) is 15.1. The summed E-state index contributed by atoms with van der Waals surface area (Å²) in [5.74, 6) is -0.163. The summed E-state index contributed by atoms with van der Waals surface area (Å²) in [5, 5.41) is 11.8. The van der Waals surface area contributed by atoms with Gasteiger partial charge in [-0.1, -0.05) is 0 Å². The molecule has 0 radical (unpaired) electrons. The summed E-state index contributed by atoms with van der Waals surface area (Å²) < 4.78 is 0. The van der Waals surface area contributed by atoms with Gasteiger partial charge in [0.05, 0.1) is 11.6 Å². The molecule has 140 valence electrons. The van der Waals surface area contributed by atoms with E-state index in [1.807, 2.05) is 12.1 Å². The van der Waals surface area contributed by atoms with Crippen molar-refractivity contribution < 1.29 is 4.79 Å². The third-order valence-electron chi connectivity index (χ3n) is 5.39. The molecular weight excluding hydrogens is 360 g/mol. The Labute approximate surface area is 166 Å². The highest BCUT2D eigenvalue weighted by atomic mass is 35.5. The molecule has 3 fully saturated rings. The van der Waals surface area contributed by atoms with E-state index in [2.05, 4.69) is 33.3 Å². The van der Waals surface area contributed by atoms with Gasteiger partial charge in [-0.15, -0.1) is 12.4 Å². The summed E-state index contributed by atoms with van der Waals surface area (Å²) in [6, 6.07) is 17.5. The number of benzene rings is 2. The first kappa shape index (κ1) is 19.2. The monoisotopic (exact) mass is 382 g/mol. The molecule has 0 spiro atoms. The molecule has 2 aromatic carbocycles. The number of piperidine rings is 1. The average molecular weight is 383 g/mol. The van der Waals surface area contributed by atoms with E-state index in [1.165, 1.54) is 31.6 Å². The number of nitrogens with zero attached hydrogens (tertiary/aromatic N) is 3. The van der Waals surface area contributed by atoms with Crippen molar-refractivity contribution in [1.29, 1.82) is 5.26 Å². The fourth-order valence-electron chi connectivity index (χ4n) is 3.86. The van der Waals surface area contributed by atoms with E-state index in [1.54, 1.807) is 24.3 Å². The molecule has 0 aromatic heterocycles. The number of rotatable bonds is 3. The zero-order valence-corrected chi connectivity index (χ0v) is 15.9. The van der Waals surface area contributed by atoms with Crippen molar-refractivity contribution in [3.8, 4) is 6.07 Å². The molecule has 1 amide bonds. The van der Waals surface area contributed by atoms with Crippen molar-refractivity contribution in [3.63, 3.8) is 0 Å². The molecule has 0 aliphatic carbocycles. The largest absolute Gasteiger partial charge is 0.367 e. The molecule has 0 saturated carbocycles. The third-order valence-corrected chi connectivity index (χ3v) is 5.39. The van der Waals surface area contributed by atoms with E-state index >= 15 is 0 Å². The van der Waals surface area contributed by atoms with Crippen molar-refractivity contribution in [1.82, 2.24) is 4.90 Å². The van der Waals surface area contributed by atoms with Crippen LogP contribution in [0.1, 0.15) is 28.8 Å². The predicted octanol–water partition coefficient (Wildman–Crippen LogP) is 3.52. The smallest absolute Gasteiger partial charge is 0.255 e. The van der Waals surface area contributed by atoms with E-state index in [4.69, 9.17) is 5.26 Å². The number of fused-ring (bicyclic) bond motifs is 4. The minimum atomic E-state index is -0.163. The van der Waals surface area contributed by atoms with E-state index < -0.39 is 0 Å². The maximum Gasteiger partial charge on any atom is 0.255 e. The molecule has 2 bridgehead atoms. The van der Waals surface area contributed by atoms with Crippen LogP contribution in [0.4, 0.5) is 11.4 Å². The summed E-state index contributed by atoms with van der Waals surface area (Å²) in [5.41, 5.74) is 3.11. The minimum absolute atomic E-state index is 0. The van der Waals surface area contributed by atoms with Crippen molar-refractivity contribution in [2.24, 2.45) is 0 Å². The Morgan fingerprint density at radius 1 is 0.963 bits per heavy atom. The van der Waals surface area contributed by atoms with Gasteiger partial charge in [0.2, 0.25) is 0 Å². The molecule has 0 atom stereocenters. The van der Waals surface area contributed by atoms with Crippen LogP contribution in [0.25, 0.3) is 0 Å². The second-order valence-electron chi connectivity index (χ2n) is 6.96. The van der Waals surface area contributed by atoms with Crippen molar-refractivity contribution in [3.05, 3.63) is 59.7 Å². The molecule has 27 heavy (non-hydrogen) atoms. The summed E-state index contributed by atoms with van der Waals surface area (Å²) in [4.78, 5) is 17.4. The molecule has 1 N–H and O–H groups in total. The van der Waals surface area contributed by atoms with Gasteiger partial charge in [-0.2, -0.15) is 5.26 Å². The zero-order chi connectivity index (χ0) is 17.9. The van der Waals surface area contributed by atoms with Crippen LogP contribution >= 0.6 is 12.4 Å². The van der Waals surface area contributed by atoms with Gasteiger partial charge in [-0.05, 0) is 61.4 Å². The lowest BCUT2D eigenvalue weighted by atomic mass is 10.0. The molecule has 6 heteroatoms. The Morgan fingerprint density at radius 3 is 2.26 bits per heavy atom. The lowest BCUT2D eigenvalue weighted by Gasteiger charge is -2.33. The molecular formula is C21H23ClN4O. The third kappa shape index (κ3) is 4.24. The van der Waals surface area contributed by atoms with Crippen molar-refractivity contribution in [2.75, 3.05) is 36.4 Å². The quantitative estimate of drug-likeness (QED) is 0.882. The van der Waals surface area contributed by atoms with Crippen LogP contribution in [-0.4, -0.2) is 43.0 Å². The second-order valence-corrected chi connectivity index (χ2v) is 6.96. The maximum atomic E-state index is 12.3. The summed E-state index contributed by atoms with van der Waals surface area (Å²) >= 11 is 0. The van der Waals surface area contributed by atoms with E-state index in [0.29, 0.717) is 17.2 Å². The minimum Gasteiger partial charge on any atom is -0.367 e. The fraction of sp³-hybridized carbons (Fsp3) is 0.333. The molecule has 5 nitrogen and oxygen atoms in total. The molecule has 3 saturated heterocycles. The first-order chi connectivity index (χ1) is 12.7. The molecule has 5 rings (SSSR count). The number of carbonyl (C=O) groups excluding carboxylic acids is 1. The van der Waals surface area contributed by atoms with Crippen LogP contribution in [0.3, 0.4) is 0 Å². The van der Waals surface area contributed by atoms with Crippen molar-refractivity contribution in [2.45, 2.75) is 18.9 Å². The maximum absolute atomic E-state index is 12.3. The van der Waals surface area contributed by atoms with Gasteiger partial charge < -0.3 is 15.1 Å². The van der Waals surface area contributed by atoms with E-state index in [-0.39, 0.29) is 18.3 Å². The van der Waals surface area contributed by atoms with Crippen molar-refractivity contribution >= 4 is 29.7 Å². The van der Waals surface area contributed by atoms with Gasteiger partial charge >= 0.3 is 0 Å². The van der Waals surface area contributed by atoms with Gasteiger partial charge in [0, 0.05) is 49.2 Å². The second kappa shape index (κ2) is 8.43. The molecule has 0 unspecified atom stereocenters. The topological polar surface area (TPSA) is 59.4 Å². The van der Waals surface area contributed by atoms with E-state index in [0.717, 1.165) is 18.8 Å². The predicted molar refractivity (Wildman–Crippen MR) is 110 cm³/mol. The Balaban J connectivity index is 0.00000210. The first-order valence-electron chi connectivity index (χ1n) is 9.13. The van der Waals surface area contributed by atoms with Crippen LogP contribution < -0.4 is 10.2 Å². The normalized spacial score (nSPS) is 20.9. The summed E-state index contributed by atoms with van der Waals surface area (Å²) in [7, 11) is 0. The standard InChI is InChI=1S/C21H22N4O.ClH/c22-15-16-1-3-17(4-2-16)21(26)23-18-5-7-19(8-6-18)25-14-13-24-11-9-20(25)10-12-24;/h1-8,20H,9-14H2,(H,23,26);1H. The summed E-state index contributed by atoms with van der Waals surface area (Å²) in [6.45, 7) is 4.62. The lowest BCUT2D eigenvalue weighted by Crippen LogP contribution is -2.37. The number of carbonyl (C=O) groups is 1. The Bertz CT molecular complexity index is 821. The number of nitrogens with one attached hydrogen (secondary N) is 1. The fourth-order valence-corrected chi connectivity index (χ4v) is 3.86. The molecule has 3 heterocycles. The van der Waals surface area contributed by atoms with Gasteiger partial charge in [-0.3, -0.25) is 4.79 Å². The highest BCUT2D eigenvalue weighted by Crippen LogP contribution is 2.27. The average Bonchev–Trinajstić information content (AvgIpc) is 3.02. The van der Waals surface area contributed by atoms with E-state index in [9.17, 15) is 4.79 Å². The van der Waals surface area contributed by atoms with Gasteiger partial charge in [0.1, 0.15) is 0 Å². The first-order valence-corrected chi connectivity index (χ1v) is 9.13. The molecule has 2 aromatic rings. The number of nitriles is 1. The summed E-state index contributed by atoms with van der Waals surface area (Å²) in [6.07, 6.45) is 2.47. The van der Waals surface area contributed by atoms with Crippen LogP contribution in [0.15, 0.2) is 48.5 Å².